The van der Waals surface area contributed by atoms with Gasteiger partial charge in [0.1, 0.15) is 11.9 Å². The van der Waals surface area contributed by atoms with Gasteiger partial charge < -0.3 is 19.7 Å². The molecule has 1 aromatic carbocycles. The molecule has 2 rings (SSSR count). The Morgan fingerprint density at radius 1 is 1.52 bits per heavy atom. The van der Waals surface area contributed by atoms with Gasteiger partial charge in [-0.3, -0.25) is 0 Å². The van der Waals surface area contributed by atoms with Crippen molar-refractivity contribution in [3.05, 3.63) is 24.3 Å². The number of para-hydroxylation sites is 2. The molecule has 1 aliphatic heterocycles. The van der Waals surface area contributed by atoms with E-state index < -0.39 is 19.0 Å². The zero-order valence-corrected chi connectivity index (χ0v) is 11.7. The van der Waals surface area contributed by atoms with Crippen molar-refractivity contribution in [2.45, 2.75) is 19.0 Å². The van der Waals surface area contributed by atoms with Crippen LogP contribution in [0.5, 0.6) is 5.75 Å². The standard InChI is InChI=1S/C14H18F2N2O3/c1-18(8-13(15)16)14(19)17-11-4-2-3-5-12(11)21-10-6-7-20-9-10/h2-5,10,13H,6-9H2,1H3,(H,17,19). The summed E-state index contributed by atoms with van der Waals surface area (Å²) in [6, 6.07) is 6.30. The third-order valence-corrected chi connectivity index (χ3v) is 3.07. The quantitative estimate of drug-likeness (QED) is 0.909. The summed E-state index contributed by atoms with van der Waals surface area (Å²) in [5.74, 6) is 0.506. The summed E-state index contributed by atoms with van der Waals surface area (Å²) in [5, 5.41) is 2.58. The maximum atomic E-state index is 12.3. The molecule has 116 valence electrons. The Balaban J connectivity index is 2.00. The highest BCUT2D eigenvalue weighted by Crippen LogP contribution is 2.26. The van der Waals surface area contributed by atoms with Crippen LogP contribution >= 0.6 is 0 Å². The van der Waals surface area contributed by atoms with Gasteiger partial charge in [-0.1, -0.05) is 12.1 Å². The normalized spacial score (nSPS) is 17.8. The number of rotatable bonds is 5. The third-order valence-electron chi connectivity index (χ3n) is 3.07. The maximum Gasteiger partial charge on any atom is 0.321 e. The van der Waals surface area contributed by atoms with E-state index in [4.69, 9.17) is 9.47 Å². The van der Waals surface area contributed by atoms with Crippen LogP contribution in [0.2, 0.25) is 0 Å². The predicted octanol–water partition coefficient (Wildman–Crippen LogP) is 2.58. The lowest BCUT2D eigenvalue weighted by Crippen LogP contribution is -2.35. The van der Waals surface area contributed by atoms with E-state index in [0.717, 1.165) is 11.3 Å². The average Bonchev–Trinajstić information content (AvgIpc) is 2.93. The van der Waals surface area contributed by atoms with Gasteiger partial charge >= 0.3 is 6.03 Å². The summed E-state index contributed by atoms with van der Waals surface area (Å²) >= 11 is 0. The molecule has 1 saturated heterocycles. The maximum absolute atomic E-state index is 12.3. The molecule has 0 saturated carbocycles. The molecule has 1 unspecified atom stereocenters. The average molecular weight is 300 g/mol. The van der Waals surface area contributed by atoms with Crippen molar-refractivity contribution in [3.8, 4) is 5.75 Å². The number of carbonyl (C=O) groups is 1. The van der Waals surface area contributed by atoms with Crippen molar-refractivity contribution in [3.63, 3.8) is 0 Å². The molecule has 0 bridgehead atoms. The molecular weight excluding hydrogens is 282 g/mol. The summed E-state index contributed by atoms with van der Waals surface area (Å²) in [5.41, 5.74) is 0.454. The van der Waals surface area contributed by atoms with E-state index >= 15 is 0 Å². The number of benzene rings is 1. The smallest absolute Gasteiger partial charge is 0.321 e. The van der Waals surface area contributed by atoms with Crippen LogP contribution in [0.15, 0.2) is 24.3 Å². The van der Waals surface area contributed by atoms with Gasteiger partial charge in [-0.25, -0.2) is 13.6 Å². The molecule has 1 N–H and O–H groups in total. The Hall–Kier alpha value is -1.89. The summed E-state index contributed by atoms with van der Waals surface area (Å²) in [6.45, 7) is 0.537. The fourth-order valence-electron chi connectivity index (χ4n) is 1.96. The van der Waals surface area contributed by atoms with Gasteiger partial charge in [0.2, 0.25) is 0 Å². The lowest BCUT2D eigenvalue weighted by molar-refractivity contribution is 0.111. The van der Waals surface area contributed by atoms with Gasteiger partial charge in [0, 0.05) is 13.5 Å². The topological polar surface area (TPSA) is 50.8 Å². The first-order chi connectivity index (χ1) is 10.1. The van der Waals surface area contributed by atoms with Crippen LogP contribution < -0.4 is 10.1 Å². The van der Waals surface area contributed by atoms with Crippen molar-refractivity contribution >= 4 is 11.7 Å². The molecule has 5 nitrogen and oxygen atoms in total. The molecule has 1 heterocycles. The Kier molecular flexibility index (Phi) is 5.32. The molecule has 21 heavy (non-hydrogen) atoms. The number of ether oxygens (including phenoxy) is 2. The second kappa shape index (κ2) is 7.21. The summed E-state index contributed by atoms with van der Waals surface area (Å²) in [7, 11) is 1.32. The number of nitrogens with one attached hydrogen (secondary N) is 1. The zero-order valence-electron chi connectivity index (χ0n) is 11.7. The van der Waals surface area contributed by atoms with E-state index in [-0.39, 0.29) is 6.10 Å². The van der Waals surface area contributed by atoms with E-state index in [2.05, 4.69) is 5.32 Å². The minimum absolute atomic E-state index is 0.0538. The molecule has 1 aromatic rings. The van der Waals surface area contributed by atoms with Crippen molar-refractivity contribution in [1.82, 2.24) is 4.90 Å². The zero-order chi connectivity index (χ0) is 15.2. The summed E-state index contributed by atoms with van der Waals surface area (Å²) < 4.78 is 35.5. The molecular formula is C14H18F2N2O3. The molecule has 0 aromatic heterocycles. The SMILES string of the molecule is CN(CC(F)F)C(=O)Nc1ccccc1OC1CCOC1. The van der Waals surface area contributed by atoms with E-state index in [1.54, 1.807) is 24.3 Å². The highest BCUT2D eigenvalue weighted by atomic mass is 19.3. The minimum Gasteiger partial charge on any atom is -0.486 e. The van der Waals surface area contributed by atoms with Crippen LogP contribution in [0.1, 0.15) is 6.42 Å². The number of nitrogens with zero attached hydrogens (tertiary/aromatic N) is 1. The molecule has 7 heteroatoms. The molecule has 0 spiro atoms. The van der Waals surface area contributed by atoms with Crippen molar-refractivity contribution in [1.29, 1.82) is 0 Å². The highest BCUT2D eigenvalue weighted by molar-refractivity contribution is 5.90. The third kappa shape index (κ3) is 4.56. The molecule has 1 fully saturated rings. The van der Waals surface area contributed by atoms with Gasteiger partial charge in [0.15, 0.2) is 0 Å². The van der Waals surface area contributed by atoms with E-state index in [9.17, 15) is 13.6 Å². The Morgan fingerprint density at radius 2 is 2.29 bits per heavy atom. The fourth-order valence-corrected chi connectivity index (χ4v) is 1.96. The number of alkyl halides is 2. The first-order valence-electron chi connectivity index (χ1n) is 6.70. The Labute approximate surface area is 121 Å². The van der Waals surface area contributed by atoms with E-state index in [1.807, 2.05) is 0 Å². The van der Waals surface area contributed by atoms with Gasteiger partial charge in [-0.15, -0.1) is 0 Å². The monoisotopic (exact) mass is 300 g/mol. The second-order valence-electron chi connectivity index (χ2n) is 4.80. The van der Waals surface area contributed by atoms with Gasteiger partial charge in [-0.2, -0.15) is 0 Å². The van der Waals surface area contributed by atoms with Crippen LogP contribution in [-0.4, -0.2) is 50.3 Å². The van der Waals surface area contributed by atoms with Crippen LogP contribution in [0.25, 0.3) is 0 Å². The summed E-state index contributed by atoms with van der Waals surface area (Å²) in [6.07, 6.45) is -1.84. The number of amides is 2. The number of carbonyl (C=O) groups excluding carboxylic acids is 1. The van der Waals surface area contributed by atoms with Crippen molar-refractivity contribution < 1.29 is 23.0 Å². The largest absolute Gasteiger partial charge is 0.486 e. The minimum atomic E-state index is -2.57. The number of hydrogen-bond donors (Lipinski definition) is 1. The van der Waals surface area contributed by atoms with Crippen LogP contribution in [0.3, 0.4) is 0 Å². The fraction of sp³-hybridized carbons (Fsp3) is 0.500. The molecule has 0 radical (unpaired) electrons. The van der Waals surface area contributed by atoms with Crippen LogP contribution in [-0.2, 0) is 4.74 Å². The number of urea groups is 1. The van der Waals surface area contributed by atoms with Crippen molar-refractivity contribution in [2.75, 3.05) is 32.1 Å². The van der Waals surface area contributed by atoms with E-state index in [0.29, 0.717) is 24.7 Å². The Bertz CT molecular complexity index is 479. The lowest BCUT2D eigenvalue weighted by atomic mass is 10.2. The first kappa shape index (κ1) is 15.5. The van der Waals surface area contributed by atoms with E-state index in [1.165, 1.54) is 7.05 Å². The number of halogens is 2. The van der Waals surface area contributed by atoms with Gasteiger partial charge in [0.25, 0.3) is 6.43 Å². The van der Waals surface area contributed by atoms with Crippen LogP contribution in [0.4, 0.5) is 19.3 Å². The first-order valence-corrected chi connectivity index (χ1v) is 6.70. The molecule has 1 atom stereocenters. The molecule has 1 aliphatic rings. The van der Waals surface area contributed by atoms with Gasteiger partial charge in [-0.05, 0) is 12.1 Å². The number of anilines is 1. The molecule has 0 aliphatic carbocycles. The van der Waals surface area contributed by atoms with Crippen molar-refractivity contribution in [2.24, 2.45) is 0 Å². The highest BCUT2D eigenvalue weighted by Gasteiger charge is 2.20. The number of hydrogen-bond acceptors (Lipinski definition) is 3. The molecule has 2 amide bonds. The van der Waals surface area contributed by atoms with Crippen LogP contribution in [0, 0.1) is 0 Å². The second-order valence-corrected chi connectivity index (χ2v) is 4.80. The van der Waals surface area contributed by atoms with Gasteiger partial charge in [0.05, 0.1) is 25.4 Å². The lowest BCUT2D eigenvalue weighted by Gasteiger charge is -2.20. The summed E-state index contributed by atoms with van der Waals surface area (Å²) in [4.78, 5) is 12.8. The Morgan fingerprint density at radius 3 is 2.95 bits per heavy atom. The predicted molar refractivity (Wildman–Crippen MR) is 73.9 cm³/mol.